The van der Waals surface area contributed by atoms with Gasteiger partial charge in [0.15, 0.2) is 0 Å². The zero-order chi connectivity index (χ0) is 24.9. The monoisotopic (exact) mass is 473 g/mol. The molecule has 0 saturated carbocycles. The van der Waals surface area contributed by atoms with Gasteiger partial charge < -0.3 is 24.6 Å². The first-order valence-corrected chi connectivity index (χ1v) is 11.8. The van der Waals surface area contributed by atoms with Crippen LogP contribution in [0.1, 0.15) is 40.9 Å². The molecule has 0 spiro atoms. The number of ether oxygens (including phenoxy) is 1. The summed E-state index contributed by atoms with van der Waals surface area (Å²) in [6.45, 7) is 4.34. The highest BCUT2D eigenvalue weighted by molar-refractivity contribution is 5.89. The third kappa shape index (κ3) is 5.84. The molecule has 1 aromatic heterocycles. The zero-order valence-corrected chi connectivity index (χ0v) is 20.0. The van der Waals surface area contributed by atoms with Crippen LogP contribution in [0.5, 0.6) is 11.5 Å². The number of carbonyl (C=O) groups is 1. The average molecular weight is 474 g/mol. The molecule has 0 aliphatic rings. The third-order valence-electron chi connectivity index (χ3n) is 5.98. The predicted molar refractivity (Wildman–Crippen MR) is 136 cm³/mol. The molecule has 0 aliphatic heterocycles. The van der Waals surface area contributed by atoms with Crippen molar-refractivity contribution in [2.75, 3.05) is 6.61 Å². The molecule has 6 heteroatoms. The van der Waals surface area contributed by atoms with Crippen LogP contribution >= 0.6 is 0 Å². The fraction of sp³-hybridized carbons (Fsp3) is 0.276. The van der Waals surface area contributed by atoms with E-state index in [0.29, 0.717) is 23.5 Å². The van der Waals surface area contributed by atoms with E-state index >= 15 is 0 Å². The second-order valence-corrected chi connectivity index (χ2v) is 9.33. The first-order valence-electron chi connectivity index (χ1n) is 11.8. The molecular weight excluding hydrogens is 442 g/mol. The maximum Gasteiger partial charge on any atom is 0.338 e. The van der Waals surface area contributed by atoms with E-state index in [2.05, 4.69) is 13.8 Å². The fourth-order valence-corrected chi connectivity index (χ4v) is 4.38. The second-order valence-electron chi connectivity index (χ2n) is 9.33. The lowest BCUT2D eigenvalue weighted by Gasteiger charge is -2.13. The number of aromatic hydroxyl groups is 2. The van der Waals surface area contributed by atoms with Crippen LogP contribution in [0.3, 0.4) is 0 Å². The van der Waals surface area contributed by atoms with Crippen molar-refractivity contribution in [3.8, 4) is 11.5 Å². The molecule has 0 saturated heterocycles. The van der Waals surface area contributed by atoms with Crippen molar-refractivity contribution in [2.45, 2.75) is 39.3 Å². The molecule has 0 radical (unpaired) electrons. The van der Waals surface area contributed by atoms with Crippen LogP contribution in [0.4, 0.5) is 0 Å². The SMILES string of the molecule is CC(C)Cc1cc(O)c(Cn2cc(C[C@H](O)COC(=O)c3ccccc3)c3ccccc32)c(O)c1. The molecule has 4 aromatic rings. The van der Waals surface area contributed by atoms with Gasteiger partial charge in [-0.05, 0) is 53.8 Å². The van der Waals surface area contributed by atoms with Gasteiger partial charge in [0.1, 0.15) is 18.1 Å². The van der Waals surface area contributed by atoms with Gasteiger partial charge in [-0.25, -0.2) is 4.79 Å². The molecule has 182 valence electrons. The molecule has 0 unspecified atom stereocenters. The molecule has 3 N–H and O–H groups in total. The highest BCUT2D eigenvalue weighted by Crippen LogP contribution is 2.32. The summed E-state index contributed by atoms with van der Waals surface area (Å²) >= 11 is 0. The summed E-state index contributed by atoms with van der Waals surface area (Å²) in [5.74, 6) is 0.0635. The molecular formula is C29H31NO5. The van der Waals surface area contributed by atoms with Crippen molar-refractivity contribution in [3.05, 3.63) is 95.2 Å². The molecule has 35 heavy (non-hydrogen) atoms. The minimum atomic E-state index is -0.876. The molecule has 1 heterocycles. The van der Waals surface area contributed by atoms with Gasteiger partial charge in [-0.1, -0.05) is 50.2 Å². The predicted octanol–water partition coefficient (Wildman–Crippen LogP) is 5.06. The van der Waals surface area contributed by atoms with Crippen LogP contribution in [-0.4, -0.2) is 38.6 Å². The van der Waals surface area contributed by atoms with E-state index in [1.807, 2.05) is 41.1 Å². The first-order chi connectivity index (χ1) is 16.8. The van der Waals surface area contributed by atoms with Crippen LogP contribution in [0, 0.1) is 5.92 Å². The Bertz CT molecular complexity index is 1290. The average Bonchev–Trinajstić information content (AvgIpc) is 3.17. The largest absolute Gasteiger partial charge is 0.507 e. The number of hydrogen-bond donors (Lipinski definition) is 3. The van der Waals surface area contributed by atoms with E-state index in [-0.39, 0.29) is 24.7 Å². The van der Waals surface area contributed by atoms with Gasteiger partial charge in [-0.3, -0.25) is 0 Å². The van der Waals surface area contributed by atoms with E-state index < -0.39 is 12.1 Å². The number of rotatable bonds is 9. The fourth-order valence-electron chi connectivity index (χ4n) is 4.38. The van der Waals surface area contributed by atoms with Crippen LogP contribution in [0.15, 0.2) is 72.9 Å². The summed E-state index contributed by atoms with van der Waals surface area (Å²) in [4.78, 5) is 12.2. The van der Waals surface area contributed by atoms with Crippen molar-refractivity contribution in [3.63, 3.8) is 0 Å². The maximum atomic E-state index is 12.2. The van der Waals surface area contributed by atoms with E-state index in [4.69, 9.17) is 4.74 Å². The number of phenolic OH excluding ortho intramolecular Hbond substituents is 2. The lowest BCUT2D eigenvalue weighted by atomic mass is 10.00. The molecule has 3 aromatic carbocycles. The first kappa shape index (κ1) is 24.4. The standard InChI is InChI=1S/C29H31NO5/c1-19(2)12-20-13-27(32)25(28(33)14-20)17-30-16-22(24-10-6-7-11-26(24)30)15-23(31)18-35-29(34)21-8-4-3-5-9-21/h3-11,13-14,16,19,23,31-33H,12,15,17-18H2,1-2H3/t23-/m0/s1. The van der Waals surface area contributed by atoms with E-state index in [0.717, 1.165) is 28.5 Å². The van der Waals surface area contributed by atoms with Crippen LogP contribution in [0.2, 0.25) is 0 Å². The minimum absolute atomic E-state index is 0.0628. The number of carbonyl (C=O) groups excluding carboxylic acids is 1. The Hall–Kier alpha value is -3.77. The number of aromatic nitrogens is 1. The molecule has 0 fully saturated rings. The minimum Gasteiger partial charge on any atom is -0.507 e. The topological polar surface area (TPSA) is 91.9 Å². The van der Waals surface area contributed by atoms with E-state index in [1.165, 1.54) is 0 Å². The molecule has 1 atom stereocenters. The number of aliphatic hydroxyl groups is 1. The number of aliphatic hydroxyl groups excluding tert-OH is 1. The van der Waals surface area contributed by atoms with Crippen molar-refractivity contribution in [2.24, 2.45) is 5.92 Å². The Morgan fingerprint density at radius 3 is 2.29 bits per heavy atom. The molecule has 0 aliphatic carbocycles. The number of esters is 1. The summed E-state index contributed by atoms with van der Waals surface area (Å²) in [5.41, 5.74) is 3.59. The smallest absolute Gasteiger partial charge is 0.338 e. The van der Waals surface area contributed by atoms with Crippen molar-refractivity contribution in [1.29, 1.82) is 0 Å². The Kier molecular flexibility index (Phi) is 7.42. The summed E-state index contributed by atoms with van der Waals surface area (Å²) in [5, 5.41) is 32.8. The van der Waals surface area contributed by atoms with Crippen molar-refractivity contribution >= 4 is 16.9 Å². The number of fused-ring (bicyclic) bond motifs is 1. The van der Waals surface area contributed by atoms with Crippen molar-refractivity contribution in [1.82, 2.24) is 4.57 Å². The van der Waals surface area contributed by atoms with Gasteiger partial charge in [0.05, 0.1) is 23.8 Å². The van der Waals surface area contributed by atoms with E-state index in [1.54, 1.807) is 36.4 Å². The number of hydrogen-bond acceptors (Lipinski definition) is 5. The lowest BCUT2D eigenvalue weighted by molar-refractivity contribution is 0.0259. The Balaban J connectivity index is 1.51. The van der Waals surface area contributed by atoms with Gasteiger partial charge in [-0.15, -0.1) is 0 Å². The number of benzene rings is 3. The number of para-hydroxylation sites is 1. The molecule has 0 bridgehead atoms. The van der Waals surface area contributed by atoms with Crippen LogP contribution < -0.4 is 0 Å². The summed E-state index contributed by atoms with van der Waals surface area (Å²) in [6, 6.07) is 19.9. The van der Waals surface area contributed by atoms with Crippen LogP contribution in [0.25, 0.3) is 10.9 Å². The second kappa shape index (κ2) is 10.7. The third-order valence-corrected chi connectivity index (χ3v) is 5.98. The van der Waals surface area contributed by atoms with Gasteiger partial charge in [0.2, 0.25) is 0 Å². The Morgan fingerprint density at radius 1 is 0.943 bits per heavy atom. The summed E-state index contributed by atoms with van der Waals surface area (Å²) < 4.78 is 7.23. The summed E-state index contributed by atoms with van der Waals surface area (Å²) in [6.07, 6.45) is 2.10. The highest BCUT2D eigenvalue weighted by Gasteiger charge is 2.17. The van der Waals surface area contributed by atoms with Gasteiger partial charge >= 0.3 is 5.97 Å². The Morgan fingerprint density at radius 2 is 1.60 bits per heavy atom. The summed E-state index contributed by atoms with van der Waals surface area (Å²) in [7, 11) is 0. The van der Waals surface area contributed by atoms with Crippen LogP contribution in [-0.2, 0) is 24.1 Å². The molecule has 4 rings (SSSR count). The Labute approximate surface area is 205 Å². The van der Waals surface area contributed by atoms with Gasteiger partial charge in [0.25, 0.3) is 0 Å². The maximum absolute atomic E-state index is 12.2. The van der Waals surface area contributed by atoms with Gasteiger partial charge in [0, 0.05) is 23.5 Å². The molecule has 6 nitrogen and oxygen atoms in total. The van der Waals surface area contributed by atoms with E-state index in [9.17, 15) is 20.1 Å². The quantitative estimate of drug-likeness (QED) is 0.296. The zero-order valence-electron chi connectivity index (χ0n) is 20.0. The lowest BCUT2D eigenvalue weighted by Crippen LogP contribution is -2.20. The highest BCUT2D eigenvalue weighted by atomic mass is 16.5. The van der Waals surface area contributed by atoms with Gasteiger partial charge in [-0.2, -0.15) is 0 Å². The van der Waals surface area contributed by atoms with Crippen molar-refractivity contribution < 1.29 is 24.9 Å². The number of phenols is 2. The normalized spacial score (nSPS) is 12.2. The number of nitrogens with zero attached hydrogens (tertiary/aromatic N) is 1. The molecule has 0 amide bonds.